The molecular weight excluding hydrogens is 194 g/mol. The SMILES string of the molecule is Cc1sc(CN)nc1-c1ccncc1. The third-order valence-electron chi connectivity index (χ3n) is 1.97. The van der Waals surface area contributed by atoms with Gasteiger partial charge in [0.2, 0.25) is 0 Å². The minimum absolute atomic E-state index is 0.511. The molecule has 2 N–H and O–H groups in total. The Morgan fingerprint density at radius 2 is 2.07 bits per heavy atom. The van der Waals surface area contributed by atoms with Crippen molar-refractivity contribution in [3.05, 3.63) is 34.4 Å². The van der Waals surface area contributed by atoms with Crippen molar-refractivity contribution in [2.45, 2.75) is 13.5 Å². The molecule has 3 nitrogen and oxygen atoms in total. The Bertz CT molecular complexity index is 422. The molecule has 0 aliphatic heterocycles. The van der Waals surface area contributed by atoms with E-state index >= 15 is 0 Å². The van der Waals surface area contributed by atoms with E-state index in [4.69, 9.17) is 5.73 Å². The van der Waals surface area contributed by atoms with Crippen molar-refractivity contribution in [1.29, 1.82) is 0 Å². The van der Waals surface area contributed by atoms with E-state index in [0.717, 1.165) is 16.3 Å². The van der Waals surface area contributed by atoms with Gasteiger partial charge in [0, 0.05) is 29.4 Å². The summed E-state index contributed by atoms with van der Waals surface area (Å²) in [4.78, 5) is 9.65. The highest BCUT2D eigenvalue weighted by molar-refractivity contribution is 7.12. The van der Waals surface area contributed by atoms with Gasteiger partial charge in [0.1, 0.15) is 5.01 Å². The summed E-state index contributed by atoms with van der Waals surface area (Å²) in [5.41, 5.74) is 7.68. The van der Waals surface area contributed by atoms with Crippen molar-refractivity contribution in [3.63, 3.8) is 0 Å². The Morgan fingerprint density at radius 3 is 2.64 bits per heavy atom. The molecule has 0 saturated heterocycles. The van der Waals surface area contributed by atoms with Crippen LogP contribution in [0.4, 0.5) is 0 Å². The fourth-order valence-corrected chi connectivity index (χ4v) is 2.15. The predicted molar refractivity (Wildman–Crippen MR) is 58.0 cm³/mol. The van der Waals surface area contributed by atoms with Gasteiger partial charge in [-0.15, -0.1) is 11.3 Å². The summed E-state index contributed by atoms with van der Waals surface area (Å²) < 4.78 is 0. The zero-order valence-electron chi connectivity index (χ0n) is 7.90. The number of hydrogen-bond donors (Lipinski definition) is 1. The van der Waals surface area contributed by atoms with Crippen molar-refractivity contribution in [3.8, 4) is 11.3 Å². The van der Waals surface area contributed by atoms with Crippen molar-refractivity contribution in [2.75, 3.05) is 0 Å². The molecular formula is C10H11N3S. The van der Waals surface area contributed by atoms with Crippen molar-refractivity contribution >= 4 is 11.3 Å². The largest absolute Gasteiger partial charge is 0.325 e. The molecule has 0 aromatic carbocycles. The molecule has 14 heavy (non-hydrogen) atoms. The zero-order valence-corrected chi connectivity index (χ0v) is 8.71. The normalized spacial score (nSPS) is 10.4. The third kappa shape index (κ3) is 1.66. The lowest BCUT2D eigenvalue weighted by Gasteiger charge is -1.95. The summed E-state index contributed by atoms with van der Waals surface area (Å²) in [6.45, 7) is 2.57. The number of pyridine rings is 1. The highest BCUT2D eigenvalue weighted by Crippen LogP contribution is 2.26. The molecule has 0 unspecified atom stereocenters. The summed E-state index contributed by atoms with van der Waals surface area (Å²) in [6.07, 6.45) is 3.55. The first-order valence-electron chi connectivity index (χ1n) is 4.38. The van der Waals surface area contributed by atoms with E-state index in [1.165, 1.54) is 4.88 Å². The van der Waals surface area contributed by atoms with Crippen molar-refractivity contribution in [1.82, 2.24) is 9.97 Å². The molecule has 0 bridgehead atoms. The summed E-state index contributed by atoms with van der Waals surface area (Å²) in [6, 6.07) is 3.92. The van der Waals surface area contributed by atoms with Crippen LogP contribution in [-0.4, -0.2) is 9.97 Å². The third-order valence-corrected chi connectivity index (χ3v) is 2.96. The van der Waals surface area contributed by atoms with Crippen molar-refractivity contribution in [2.24, 2.45) is 5.73 Å². The molecule has 2 heterocycles. The summed E-state index contributed by atoms with van der Waals surface area (Å²) >= 11 is 1.65. The Hall–Kier alpha value is -1.26. The minimum atomic E-state index is 0.511. The van der Waals surface area contributed by atoms with Crippen LogP contribution in [0.3, 0.4) is 0 Å². The second kappa shape index (κ2) is 3.86. The van der Waals surface area contributed by atoms with Gasteiger partial charge in [0.15, 0.2) is 0 Å². The standard InChI is InChI=1S/C10H11N3S/c1-7-10(13-9(6-11)14-7)8-2-4-12-5-3-8/h2-5H,6,11H2,1H3. The van der Waals surface area contributed by atoms with Crippen LogP contribution in [0, 0.1) is 6.92 Å². The molecule has 2 aromatic heterocycles. The van der Waals surface area contributed by atoms with Crippen LogP contribution < -0.4 is 5.73 Å². The predicted octanol–water partition coefficient (Wildman–Crippen LogP) is 1.97. The smallest absolute Gasteiger partial charge is 0.107 e. The molecule has 0 atom stereocenters. The van der Waals surface area contributed by atoms with E-state index in [1.54, 1.807) is 23.7 Å². The average Bonchev–Trinajstić information content (AvgIpc) is 2.61. The van der Waals surface area contributed by atoms with Gasteiger partial charge in [-0.05, 0) is 19.1 Å². The minimum Gasteiger partial charge on any atom is -0.325 e. The number of thiazole rings is 1. The lowest BCUT2D eigenvalue weighted by molar-refractivity contribution is 1.04. The van der Waals surface area contributed by atoms with Crippen molar-refractivity contribution < 1.29 is 0 Å². The molecule has 0 saturated carbocycles. The van der Waals surface area contributed by atoms with Crippen LogP contribution in [0.2, 0.25) is 0 Å². The Morgan fingerprint density at radius 1 is 1.36 bits per heavy atom. The molecule has 2 rings (SSSR count). The van der Waals surface area contributed by atoms with E-state index in [-0.39, 0.29) is 0 Å². The highest BCUT2D eigenvalue weighted by Gasteiger charge is 2.07. The van der Waals surface area contributed by atoms with Gasteiger partial charge in [-0.2, -0.15) is 0 Å². The van der Waals surface area contributed by atoms with E-state index in [2.05, 4.69) is 16.9 Å². The lowest BCUT2D eigenvalue weighted by Crippen LogP contribution is -1.94. The molecule has 0 fully saturated rings. The fraction of sp³-hybridized carbons (Fsp3) is 0.200. The number of aryl methyl sites for hydroxylation is 1. The summed E-state index contributed by atoms with van der Waals surface area (Å²) in [5.74, 6) is 0. The first-order chi connectivity index (χ1) is 6.81. The van der Waals surface area contributed by atoms with Crippen LogP contribution in [0.25, 0.3) is 11.3 Å². The number of hydrogen-bond acceptors (Lipinski definition) is 4. The second-order valence-electron chi connectivity index (χ2n) is 2.95. The van der Waals surface area contributed by atoms with E-state index in [1.807, 2.05) is 12.1 Å². The Balaban J connectivity index is 2.46. The fourth-order valence-electron chi connectivity index (χ4n) is 1.32. The van der Waals surface area contributed by atoms with Gasteiger partial charge < -0.3 is 5.73 Å². The topological polar surface area (TPSA) is 51.8 Å². The van der Waals surface area contributed by atoms with Gasteiger partial charge in [-0.3, -0.25) is 4.98 Å². The molecule has 2 aromatic rings. The van der Waals surface area contributed by atoms with Gasteiger partial charge in [0.05, 0.1) is 5.69 Å². The average molecular weight is 205 g/mol. The van der Waals surface area contributed by atoms with E-state index < -0.39 is 0 Å². The molecule has 0 aliphatic carbocycles. The molecule has 0 amide bonds. The van der Waals surface area contributed by atoms with Crippen LogP contribution in [0.5, 0.6) is 0 Å². The molecule has 0 spiro atoms. The van der Waals surface area contributed by atoms with Gasteiger partial charge in [-0.1, -0.05) is 0 Å². The molecule has 0 radical (unpaired) electrons. The molecule has 72 valence electrons. The number of rotatable bonds is 2. The number of nitrogens with two attached hydrogens (primary N) is 1. The van der Waals surface area contributed by atoms with E-state index in [0.29, 0.717) is 6.54 Å². The highest BCUT2D eigenvalue weighted by atomic mass is 32.1. The first-order valence-corrected chi connectivity index (χ1v) is 5.19. The van der Waals surface area contributed by atoms with Gasteiger partial charge in [-0.25, -0.2) is 4.98 Å². The van der Waals surface area contributed by atoms with Crippen LogP contribution in [0.1, 0.15) is 9.88 Å². The Labute approximate surface area is 86.6 Å². The Kier molecular flexibility index (Phi) is 2.56. The number of nitrogens with zero attached hydrogens (tertiary/aromatic N) is 2. The van der Waals surface area contributed by atoms with Crippen LogP contribution >= 0.6 is 11.3 Å². The molecule has 4 heteroatoms. The maximum absolute atomic E-state index is 5.55. The molecule has 0 aliphatic rings. The monoisotopic (exact) mass is 205 g/mol. The zero-order chi connectivity index (χ0) is 9.97. The van der Waals surface area contributed by atoms with Crippen LogP contribution in [0.15, 0.2) is 24.5 Å². The maximum Gasteiger partial charge on any atom is 0.107 e. The lowest BCUT2D eigenvalue weighted by atomic mass is 10.2. The van der Waals surface area contributed by atoms with Gasteiger partial charge in [0.25, 0.3) is 0 Å². The summed E-state index contributed by atoms with van der Waals surface area (Å²) in [7, 11) is 0. The number of aromatic nitrogens is 2. The maximum atomic E-state index is 5.55. The van der Waals surface area contributed by atoms with Crippen LogP contribution in [-0.2, 0) is 6.54 Å². The quantitative estimate of drug-likeness (QED) is 0.815. The first kappa shape index (κ1) is 9.30. The van der Waals surface area contributed by atoms with E-state index in [9.17, 15) is 0 Å². The van der Waals surface area contributed by atoms with Gasteiger partial charge >= 0.3 is 0 Å². The second-order valence-corrected chi connectivity index (χ2v) is 4.24. The summed E-state index contributed by atoms with van der Waals surface area (Å²) in [5, 5.41) is 0.981.